The van der Waals surface area contributed by atoms with E-state index in [1.807, 2.05) is 18.2 Å². The van der Waals surface area contributed by atoms with E-state index in [4.69, 9.17) is 4.74 Å². The Labute approximate surface area is 196 Å². The van der Waals surface area contributed by atoms with Gasteiger partial charge < -0.3 is 15.4 Å². The van der Waals surface area contributed by atoms with Crippen molar-refractivity contribution in [2.24, 2.45) is 0 Å². The molecule has 0 spiro atoms. The average Bonchev–Trinajstić information content (AvgIpc) is 3.36. The number of hydrogen-bond donors (Lipinski definition) is 2. The number of anilines is 3. The third-order valence-electron chi connectivity index (χ3n) is 4.93. The summed E-state index contributed by atoms with van der Waals surface area (Å²) >= 11 is 0. The molecule has 11 heteroatoms. The van der Waals surface area contributed by atoms with Crippen LogP contribution in [0.4, 0.5) is 21.9 Å². The number of pyridine rings is 1. The van der Waals surface area contributed by atoms with Gasteiger partial charge >= 0.3 is 6.03 Å². The van der Waals surface area contributed by atoms with Crippen LogP contribution in [0.5, 0.6) is 5.88 Å². The molecule has 0 unspecified atom stereocenters. The van der Waals surface area contributed by atoms with Gasteiger partial charge in [-0.05, 0) is 42.5 Å². The monoisotopic (exact) mass is 478 g/mol. The highest BCUT2D eigenvalue weighted by molar-refractivity contribution is 7.92. The zero-order valence-electron chi connectivity index (χ0n) is 18.4. The summed E-state index contributed by atoms with van der Waals surface area (Å²) in [6.07, 6.45) is 4.23. The molecular weight excluding hydrogens is 456 g/mol. The zero-order chi connectivity index (χ0) is 24.1. The van der Waals surface area contributed by atoms with Crippen molar-refractivity contribution >= 4 is 33.1 Å². The molecule has 2 aromatic heterocycles. The van der Waals surface area contributed by atoms with Gasteiger partial charge in [0.1, 0.15) is 4.90 Å². The minimum atomic E-state index is -3.86. The Morgan fingerprint density at radius 2 is 1.62 bits per heavy atom. The number of carbonyl (C=O) groups excluding carboxylic acids is 1. The van der Waals surface area contributed by atoms with Crippen LogP contribution in [0.25, 0.3) is 5.69 Å². The number of nitrogens with zero attached hydrogens (tertiary/aromatic N) is 4. The first-order valence-electron chi connectivity index (χ1n) is 10.1. The molecule has 0 saturated carbocycles. The van der Waals surface area contributed by atoms with Crippen molar-refractivity contribution in [3.05, 3.63) is 85.3 Å². The SMILES string of the molecule is COc1ccc(-n2cc(S(=O)(=O)N(C)c3ccc(NC(=O)Nc4ccccc4)cc3)cn2)cn1. The number of benzene rings is 2. The lowest BCUT2D eigenvalue weighted by Crippen LogP contribution is -2.26. The van der Waals surface area contributed by atoms with Crippen LogP contribution in [0.2, 0.25) is 0 Å². The first-order valence-corrected chi connectivity index (χ1v) is 11.6. The van der Waals surface area contributed by atoms with Gasteiger partial charge in [-0.15, -0.1) is 0 Å². The fourth-order valence-electron chi connectivity index (χ4n) is 3.08. The maximum Gasteiger partial charge on any atom is 0.323 e. The minimum absolute atomic E-state index is 0.0234. The van der Waals surface area contributed by atoms with E-state index in [0.29, 0.717) is 28.6 Å². The topological polar surface area (TPSA) is 118 Å². The van der Waals surface area contributed by atoms with Crippen LogP contribution in [-0.2, 0) is 10.0 Å². The second-order valence-corrected chi connectivity index (χ2v) is 9.11. The number of hydrogen-bond acceptors (Lipinski definition) is 6. The molecule has 0 aliphatic carbocycles. The molecule has 4 rings (SSSR count). The predicted molar refractivity (Wildman–Crippen MR) is 129 cm³/mol. The van der Waals surface area contributed by atoms with E-state index < -0.39 is 16.1 Å². The molecule has 0 radical (unpaired) electrons. The third-order valence-corrected chi connectivity index (χ3v) is 6.67. The second kappa shape index (κ2) is 9.63. The van der Waals surface area contributed by atoms with Gasteiger partial charge in [-0.3, -0.25) is 4.31 Å². The summed E-state index contributed by atoms with van der Waals surface area (Å²) in [5.74, 6) is 0.443. The molecule has 0 fully saturated rings. The Balaban J connectivity index is 1.45. The number of amides is 2. The molecule has 174 valence electrons. The number of ether oxygens (including phenoxy) is 1. The second-order valence-electron chi connectivity index (χ2n) is 7.14. The van der Waals surface area contributed by atoms with Gasteiger partial charge in [0.15, 0.2) is 0 Å². The normalized spacial score (nSPS) is 11.0. The lowest BCUT2D eigenvalue weighted by Gasteiger charge is -2.19. The Hall–Kier alpha value is -4.38. The van der Waals surface area contributed by atoms with Crippen molar-refractivity contribution in [1.29, 1.82) is 0 Å². The van der Waals surface area contributed by atoms with Gasteiger partial charge in [-0.2, -0.15) is 5.10 Å². The molecule has 2 N–H and O–H groups in total. The summed E-state index contributed by atoms with van der Waals surface area (Å²) in [6, 6.07) is 18.5. The standard InChI is InChI=1S/C23H22N6O4S/c1-28(19-10-8-18(9-11-19)27-23(30)26-17-6-4-3-5-7-17)34(31,32)21-15-25-29(16-21)20-12-13-22(33-2)24-14-20/h3-16H,1-2H3,(H2,26,27,30). The van der Waals surface area contributed by atoms with Crippen LogP contribution in [0.1, 0.15) is 0 Å². The Morgan fingerprint density at radius 3 is 2.24 bits per heavy atom. The fraction of sp³-hybridized carbons (Fsp3) is 0.0870. The summed E-state index contributed by atoms with van der Waals surface area (Å²) < 4.78 is 33.8. The highest BCUT2D eigenvalue weighted by Crippen LogP contribution is 2.24. The molecule has 0 atom stereocenters. The first kappa shape index (κ1) is 22.8. The van der Waals surface area contributed by atoms with Gasteiger partial charge in [0.2, 0.25) is 5.88 Å². The summed E-state index contributed by atoms with van der Waals surface area (Å²) in [7, 11) is -0.900. The molecule has 2 aromatic carbocycles. The summed E-state index contributed by atoms with van der Waals surface area (Å²) in [4.78, 5) is 16.3. The van der Waals surface area contributed by atoms with Crippen molar-refractivity contribution < 1.29 is 17.9 Å². The lowest BCUT2D eigenvalue weighted by molar-refractivity contribution is 0.262. The number of sulfonamides is 1. The van der Waals surface area contributed by atoms with Gasteiger partial charge in [0.25, 0.3) is 10.0 Å². The van der Waals surface area contributed by atoms with Gasteiger partial charge in [0.05, 0.1) is 37.1 Å². The van der Waals surface area contributed by atoms with E-state index in [2.05, 4.69) is 20.7 Å². The summed E-state index contributed by atoms with van der Waals surface area (Å²) in [6.45, 7) is 0. The number of nitrogens with one attached hydrogen (secondary N) is 2. The Kier molecular flexibility index (Phi) is 6.46. The van der Waals surface area contributed by atoms with Crippen LogP contribution in [0.3, 0.4) is 0 Å². The lowest BCUT2D eigenvalue weighted by atomic mass is 10.3. The van der Waals surface area contributed by atoms with E-state index in [0.717, 1.165) is 4.31 Å². The molecule has 4 aromatic rings. The van der Waals surface area contributed by atoms with Crippen molar-refractivity contribution in [2.45, 2.75) is 4.90 Å². The number of para-hydroxylation sites is 1. The highest BCUT2D eigenvalue weighted by Gasteiger charge is 2.23. The molecule has 34 heavy (non-hydrogen) atoms. The molecular formula is C23H22N6O4S. The molecule has 0 aliphatic heterocycles. The number of carbonyl (C=O) groups is 1. The van der Waals surface area contributed by atoms with Crippen molar-refractivity contribution in [3.8, 4) is 11.6 Å². The van der Waals surface area contributed by atoms with E-state index in [9.17, 15) is 13.2 Å². The Bertz CT molecular complexity index is 1370. The fourth-order valence-corrected chi connectivity index (χ4v) is 4.20. The number of methoxy groups -OCH3 is 1. The third kappa shape index (κ3) is 4.99. The molecule has 10 nitrogen and oxygen atoms in total. The molecule has 0 aliphatic rings. The van der Waals surface area contributed by atoms with Crippen LogP contribution >= 0.6 is 0 Å². The van der Waals surface area contributed by atoms with Gasteiger partial charge in [-0.1, -0.05) is 18.2 Å². The van der Waals surface area contributed by atoms with Crippen LogP contribution < -0.4 is 19.7 Å². The van der Waals surface area contributed by atoms with E-state index >= 15 is 0 Å². The Morgan fingerprint density at radius 1 is 0.941 bits per heavy atom. The maximum absolute atomic E-state index is 13.1. The molecule has 2 heterocycles. The quantitative estimate of drug-likeness (QED) is 0.418. The highest BCUT2D eigenvalue weighted by atomic mass is 32.2. The van der Waals surface area contributed by atoms with Crippen LogP contribution in [-0.4, -0.2) is 43.4 Å². The summed E-state index contributed by atoms with van der Waals surface area (Å²) in [5.41, 5.74) is 2.19. The van der Waals surface area contributed by atoms with Crippen LogP contribution in [0.15, 0.2) is 90.2 Å². The summed E-state index contributed by atoms with van der Waals surface area (Å²) in [5, 5.41) is 9.57. The van der Waals surface area contributed by atoms with Gasteiger partial charge in [-0.25, -0.2) is 22.9 Å². The zero-order valence-corrected chi connectivity index (χ0v) is 19.2. The number of rotatable bonds is 7. The number of urea groups is 1. The van der Waals surface area contributed by atoms with Crippen LogP contribution in [0, 0.1) is 0 Å². The number of aromatic nitrogens is 3. The van der Waals surface area contributed by atoms with E-state index in [1.54, 1.807) is 48.5 Å². The molecule has 0 saturated heterocycles. The molecule has 2 amide bonds. The minimum Gasteiger partial charge on any atom is -0.481 e. The van der Waals surface area contributed by atoms with Gasteiger partial charge in [0, 0.05) is 24.5 Å². The van der Waals surface area contributed by atoms with E-state index in [1.165, 1.54) is 37.4 Å². The van der Waals surface area contributed by atoms with Crippen molar-refractivity contribution in [2.75, 3.05) is 29.1 Å². The van der Waals surface area contributed by atoms with Crippen molar-refractivity contribution in [3.63, 3.8) is 0 Å². The average molecular weight is 479 g/mol. The largest absolute Gasteiger partial charge is 0.481 e. The molecule has 0 bridgehead atoms. The maximum atomic E-state index is 13.1. The van der Waals surface area contributed by atoms with E-state index in [-0.39, 0.29) is 4.90 Å². The first-order chi connectivity index (χ1) is 16.4. The predicted octanol–water partition coefficient (Wildman–Crippen LogP) is 3.75. The van der Waals surface area contributed by atoms with Crippen molar-refractivity contribution in [1.82, 2.24) is 14.8 Å². The smallest absolute Gasteiger partial charge is 0.323 e.